The van der Waals surface area contributed by atoms with Crippen molar-refractivity contribution in [3.8, 4) is 5.82 Å². The van der Waals surface area contributed by atoms with Gasteiger partial charge in [0.05, 0.1) is 59.8 Å². The van der Waals surface area contributed by atoms with E-state index in [1.54, 1.807) is 136 Å². The fourth-order valence-electron chi connectivity index (χ4n) is 15.6. The Balaban J connectivity index is 0.000000265. The number of aliphatic carboxylic acids is 2. The van der Waals surface area contributed by atoms with Gasteiger partial charge in [0, 0.05) is 86.8 Å². The average Bonchev–Trinajstić information content (AvgIpc) is 0.785. The van der Waals surface area contributed by atoms with Crippen molar-refractivity contribution in [2.24, 2.45) is 22.2 Å². The number of hydrogen-bond donors (Lipinski definition) is 8. The Labute approximate surface area is 660 Å². The zero-order valence-electron chi connectivity index (χ0n) is 63.6. The van der Waals surface area contributed by atoms with Crippen LogP contribution in [-0.2, 0) is 85.7 Å². The summed E-state index contributed by atoms with van der Waals surface area (Å²) in [5.41, 5.74) is -7.14. The number of piperazine rings is 1. The van der Waals surface area contributed by atoms with Crippen LogP contribution in [0, 0.1) is 22.2 Å². The fraction of sp³-hybridized carbons (Fsp3) is 0.425. The molecule has 5 fully saturated rings. The van der Waals surface area contributed by atoms with E-state index in [2.05, 4.69) is 56.2 Å². The molecule has 12 N–H and O–H groups in total. The minimum Gasteiger partial charge on any atom is -0.549 e. The summed E-state index contributed by atoms with van der Waals surface area (Å²) in [5.74, 6) is -9.04. The minimum absolute atomic E-state index is 0. The molecule has 3 aromatic heterocycles. The largest absolute Gasteiger partial charge is 2.00 e. The van der Waals surface area contributed by atoms with Gasteiger partial charge >= 0.3 is 44.9 Å². The first kappa shape index (κ1) is 87.4. The maximum atomic E-state index is 15.5. The number of amides is 1. The third-order valence-corrected chi connectivity index (χ3v) is 22.0. The Morgan fingerprint density at radius 2 is 1.39 bits per heavy atom. The van der Waals surface area contributed by atoms with Crippen LogP contribution in [0.4, 0.5) is 17.3 Å². The molecule has 0 radical (unpaired) electrons. The zero-order chi connectivity index (χ0) is 78.9. The van der Waals surface area contributed by atoms with Crippen molar-refractivity contribution in [3.63, 3.8) is 0 Å². The Morgan fingerprint density at radius 3 is 1.92 bits per heavy atom. The van der Waals surface area contributed by atoms with Crippen LogP contribution in [-0.4, -0.2) is 185 Å². The molecule has 4 aliphatic carbocycles. The molecule has 2 aliphatic heterocycles. The third kappa shape index (κ3) is 16.8. The number of anilines is 3. The molecular weight excluding hydrogens is 1630 g/mol. The standard InChI is InChI=1S/C47H51NO14.C27H32N8O2.C6H8O4.2H3N.Pt/c1-25-31(60-43(56)36(52)35(28-16-10-7-11-17-28)48-41(54)29-18-12-8-13-19-29)23-47(57)40(61-42(55)30-20-14-9-15-21-30)38-45(6,32(51)22-33-46(38,24-58-33)62-27(3)50)39(53)37(59-26(2)49)34(25)44(47,4)5;1-5-13-34-25(36)21-18-28-26(29-19-9-11-20(12-10-19)33-16-14-32(4)15-17-33)31-24(21)35(34)23-8-6-7-22(30-23)27(2,3)37;7-4(8)6(5(9)10)2-1-3-6;;;/h7-21,31-33,35-38,40,51-52,57H,22-24H2,1-6H3,(H,48,54);5-12,18,37H,1,13-17H2,2-4H3,(H,28,29,31);1-3H2,(H,7,8)(H,9,10);2*1H3;/q;;;;;+2/p-2/t31-,32-,33+,35-,36+,37+,38-,40-,45+,46-,47+;;;;;/m0...../s1. The van der Waals surface area contributed by atoms with Crippen LogP contribution in [0.15, 0.2) is 168 Å². The van der Waals surface area contributed by atoms with E-state index in [0.717, 1.165) is 45.7 Å². The van der Waals surface area contributed by atoms with E-state index < -0.39 is 136 Å². The summed E-state index contributed by atoms with van der Waals surface area (Å²) in [5, 5.41) is 74.8. The molecule has 112 heavy (non-hydrogen) atoms. The maximum absolute atomic E-state index is 15.5. The number of aromatic nitrogens is 5. The summed E-state index contributed by atoms with van der Waals surface area (Å²) in [6.45, 7) is 19.5. The van der Waals surface area contributed by atoms with Gasteiger partial charge in [0.1, 0.15) is 34.9 Å². The van der Waals surface area contributed by atoms with Gasteiger partial charge < -0.3 is 96.6 Å². The SMILES string of the molecule is C=CCn1c(=O)c2cnc(Nc3ccc(N4CCN(C)CC4)cc3)nc2n1-c1cccc(C(C)(C)O)n1.CC(=O)O[C@H]1C(=O)[C@@]2(C)[C@H]([C@H](OC(=O)c3ccccc3)[C@]3(O)C[C@H](OC(=O)[C@H](O)[C@@H](NC(=O)c4ccccc4)c4ccccc4)C(C)=C1C3(C)C)[C@]1(OC(C)=O)CO[C@@H]1C[C@@H]2O.N.N.O=C([O-])C1(C(=O)[O-])CCC1.[Pt+2]. The number of pyridine rings is 1. The summed E-state index contributed by atoms with van der Waals surface area (Å²) < 4.78 is 33.4. The molecule has 5 heterocycles. The van der Waals surface area contributed by atoms with E-state index in [-0.39, 0.29) is 93.6 Å². The van der Waals surface area contributed by atoms with E-state index >= 15 is 4.79 Å². The number of likely N-dealkylation sites (N-methyl/N-ethyl adjacent to an activating group) is 1. The topological polar surface area (TPSA) is 476 Å². The van der Waals surface area contributed by atoms with Crippen molar-refractivity contribution >= 4 is 75.9 Å². The van der Waals surface area contributed by atoms with Crippen molar-refractivity contribution in [1.82, 2.24) is 46.8 Å². The van der Waals surface area contributed by atoms with Gasteiger partial charge in [0.25, 0.3) is 11.5 Å². The molecule has 3 saturated carbocycles. The van der Waals surface area contributed by atoms with Crippen molar-refractivity contribution in [1.29, 1.82) is 0 Å². The number of ketones is 1. The van der Waals surface area contributed by atoms with Crippen LogP contribution < -0.4 is 43.6 Å². The van der Waals surface area contributed by atoms with Crippen LogP contribution in [0.3, 0.4) is 0 Å². The second-order valence-electron chi connectivity index (χ2n) is 29.7. The van der Waals surface area contributed by atoms with Crippen molar-refractivity contribution in [3.05, 3.63) is 196 Å². The molecule has 13 rings (SSSR count). The van der Waals surface area contributed by atoms with Gasteiger partial charge in [-0.2, -0.15) is 4.98 Å². The summed E-state index contributed by atoms with van der Waals surface area (Å²) in [4.78, 5) is 135. The third-order valence-electron chi connectivity index (χ3n) is 22.0. The number of ether oxygens (including phenoxy) is 5. The average molecular weight is 1730 g/mol. The summed E-state index contributed by atoms with van der Waals surface area (Å²) in [6.07, 6.45) is -6.41. The van der Waals surface area contributed by atoms with Crippen LogP contribution in [0.1, 0.15) is 126 Å². The van der Waals surface area contributed by atoms with E-state index in [9.17, 15) is 69.0 Å². The van der Waals surface area contributed by atoms with Crippen LogP contribution in [0.2, 0.25) is 0 Å². The number of carbonyl (C=O) groups excluding carboxylic acids is 8. The number of aliphatic hydroxyl groups excluding tert-OH is 2. The number of benzene rings is 4. The number of nitrogens with zero attached hydrogens (tertiary/aromatic N) is 7. The summed E-state index contributed by atoms with van der Waals surface area (Å²) in [7, 11) is 2.15. The van der Waals surface area contributed by atoms with Crippen LogP contribution in [0.5, 0.6) is 0 Å². The first-order chi connectivity index (χ1) is 51.6. The molecule has 1 amide bonds. The van der Waals surface area contributed by atoms with Crippen molar-refractivity contribution < 1.29 is 114 Å². The molecule has 31 nitrogen and oxygen atoms in total. The summed E-state index contributed by atoms with van der Waals surface area (Å²) >= 11 is 0. The van der Waals surface area contributed by atoms with Gasteiger partial charge in [-0.05, 0) is 125 Å². The number of aliphatic hydroxyl groups is 4. The molecular formula is C80H95N11O20Pt. The number of nitrogens with one attached hydrogen (secondary N) is 2. The second-order valence-corrected chi connectivity index (χ2v) is 29.7. The Bertz CT molecular complexity index is 4700. The smallest absolute Gasteiger partial charge is 0.549 e. The Kier molecular flexibility index (Phi) is 27.2. The van der Waals surface area contributed by atoms with Gasteiger partial charge in [-0.15, -0.1) is 6.58 Å². The number of carboxylic acids is 2. The maximum Gasteiger partial charge on any atom is 2.00 e. The second kappa shape index (κ2) is 34.8. The predicted octanol–water partition coefficient (Wildman–Crippen LogP) is 4.60. The first-order valence-corrected chi connectivity index (χ1v) is 35.8. The molecule has 11 atom stereocenters. The molecule has 2 bridgehead atoms. The number of carboxylic acid groups (broad SMARTS) is 2. The van der Waals surface area contributed by atoms with Gasteiger partial charge in [0.15, 0.2) is 35.1 Å². The first-order valence-electron chi connectivity index (χ1n) is 35.8. The van der Waals surface area contributed by atoms with Crippen LogP contribution >= 0.6 is 0 Å². The minimum atomic E-state index is -2.39. The normalized spacial score (nSPS) is 24.4. The van der Waals surface area contributed by atoms with E-state index in [0.29, 0.717) is 40.5 Å². The molecule has 4 aromatic carbocycles. The number of rotatable bonds is 19. The number of hydrogen-bond acceptors (Lipinski definition) is 28. The van der Waals surface area contributed by atoms with Gasteiger partial charge in [0.2, 0.25) is 5.95 Å². The fourth-order valence-corrected chi connectivity index (χ4v) is 15.6. The zero-order valence-corrected chi connectivity index (χ0v) is 65.9. The van der Waals surface area contributed by atoms with Gasteiger partial charge in [-0.3, -0.25) is 24.0 Å². The predicted molar refractivity (Wildman–Crippen MR) is 400 cm³/mol. The monoisotopic (exact) mass is 1720 g/mol. The quantitative estimate of drug-likeness (QED) is 0.0237. The Morgan fingerprint density at radius 1 is 0.795 bits per heavy atom. The van der Waals surface area contributed by atoms with E-state index in [1.807, 2.05) is 12.1 Å². The van der Waals surface area contributed by atoms with Crippen molar-refractivity contribution in [2.45, 2.75) is 154 Å². The van der Waals surface area contributed by atoms with E-state index in [1.165, 1.54) is 42.5 Å². The molecule has 32 heteroatoms. The van der Waals surface area contributed by atoms with Crippen molar-refractivity contribution in [2.75, 3.05) is 50.1 Å². The summed E-state index contributed by atoms with van der Waals surface area (Å²) in [6, 6.07) is 36.5. The van der Waals surface area contributed by atoms with Gasteiger partial charge in [-0.1, -0.05) is 99.1 Å². The Hall–Kier alpha value is -10.2. The number of Topliss-reactive ketones (excluding diaryl/α,β-unsaturated/α-hetero) is 1. The van der Waals surface area contributed by atoms with Gasteiger partial charge in [-0.25, -0.2) is 28.9 Å². The molecule has 0 unspecified atom stereocenters. The molecule has 600 valence electrons. The molecule has 6 aliphatic rings. The number of allylic oxidation sites excluding steroid dienone is 1. The number of esters is 4. The van der Waals surface area contributed by atoms with Crippen LogP contribution in [0.25, 0.3) is 16.9 Å². The van der Waals surface area contributed by atoms with E-state index in [4.69, 9.17) is 28.7 Å². The number of fused-ring (bicyclic) bond motifs is 6. The molecule has 7 aromatic rings. The molecule has 2 saturated heterocycles. The molecule has 0 spiro atoms. The number of carbonyl (C=O) groups is 8.